The van der Waals surface area contributed by atoms with Gasteiger partial charge in [0.2, 0.25) is 0 Å². The van der Waals surface area contributed by atoms with Crippen LogP contribution in [0.1, 0.15) is 42.7 Å². The van der Waals surface area contributed by atoms with Gasteiger partial charge in [0.15, 0.2) is 0 Å². The van der Waals surface area contributed by atoms with E-state index < -0.39 is 39.1 Å². The van der Waals surface area contributed by atoms with Gasteiger partial charge >= 0.3 is 6.18 Å². The van der Waals surface area contributed by atoms with Crippen LogP contribution in [-0.4, -0.2) is 19.3 Å². The molecule has 33 heavy (non-hydrogen) atoms. The van der Waals surface area contributed by atoms with Crippen LogP contribution in [0.15, 0.2) is 61.1 Å². The Hall–Kier alpha value is -2.20. The second-order valence-corrected chi connectivity index (χ2v) is 10.6. The van der Waals surface area contributed by atoms with Gasteiger partial charge in [-0.3, -0.25) is 9.97 Å². The third kappa shape index (κ3) is 5.84. The SMILES string of the molecule is CC(C)(C[C@@](Cc1ccncc1)(c1cc(F)cc(C(F)(F)F)c1)c1ccc(Cl)cn1)[S+](N)[O-]. The molecule has 2 atom stereocenters. The molecule has 0 saturated carbocycles. The summed E-state index contributed by atoms with van der Waals surface area (Å²) in [5.74, 6) is -1.04. The van der Waals surface area contributed by atoms with Crippen molar-refractivity contribution in [1.82, 2.24) is 9.97 Å². The van der Waals surface area contributed by atoms with Crippen molar-refractivity contribution in [3.63, 3.8) is 0 Å². The molecule has 2 aromatic heterocycles. The number of aromatic nitrogens is 2. The minimum atomic E-state index is -4.76. The van der Waals surface area contributed by atoms with Gasteiger partial charge in [0.1, 0.15) is 10.6 Å². The maximum Gasteiger partial charge on any atom is 0.416 e. The quantitative estimate of drug-likeness (QED) is 0.339. The zero-order chi connectivity index (χ0) is 24.4. The Bertz CT molecular complexity index is 1100. The number of alkyl halides is 3. The molecule has 3 rings (SSSR count). The molecular formula is C23H22ClF4N3OS. The van der Waals surface area contributed by atoms with Gasteiger partial charge in [0, 0.05) is 41.8 Å². The van der Waals surface area contributed by atoms with E-state index >= 15 is 0 Å². The molecule has 2 N–H and O–H groups in total. The van der Waals surface area contributed by atoms with Crippen LogP contribution in [0.2, 0.25) is 5.02 Å². The predicted octanol–water partition coefficient (Wildman–Crippen LogP) is 5.61. The normalized spacial score (nSPS) is 15.2. The first-order valence-electron chi connectivity index (χ1n) is 9.89. The molecular weight excluding hydrogens is 478 g/mol. The molecule has 0 radical (unpaired) electrons. The minimum absolute atomic E-state index is 0.0147. The number of hydrogen-bond donors (Lipinski definition) is 1. The second-order valence-electron chi connectivity index (χ2n) is 8.44. The summed E-state index contributed by atoms with van der Waals surface area (Å²) in [7, 11) is 0. The Morgan fingerprint density at radius 1 is 1.03 bits per heavy atom. The molecule has 1 unspecified atom stereocenters. The molecule has 0 aliphatic rings. The van der Waals surface area contributed by atoms with E-state index in [9.17, 15) is 22.1 Å². The highest BCUT2D eigenvalue weighted by molar-refractivity contribution is 7.90. The molecule has 0 bridgehead atoms. The van der Waals surface area contributed by atoms with Gasteiger partial charge in [0.25, 0.3) is 0 Å². The molecule has 4 nitrogen and oxygen atoms in total. The first kappa shape index (κ1) is 25.4. The maximum atomic E-state index is 14.6. The summed E-state index contributed by atoms with van der Waals surface area (Å²) < 4.78 is 66.7. The first-order chi connectivity index (χ1) is 15.3. The predicted molar refractivity (Wildman–Crippen MR) is 120 cm³/mol. The Morgan fingerprint density at radius 2 is 1.67 bits per heavy atom. The van der Waals surface area contributed by atoms with Crippen LogP contribution >= 0.6 is 11.6 Å². The molecule has 10 heteroatoms. The monoisotopic (exact) mass is 499 g/mol. The third-order valence-corrected chi connectivity index (χ3v) is 6.98. The highest BCUT2D eigenvalue weighted by Crippen LogP contribution is 2.45. The number of benzene rings is 1. The summed E-state index contributed by atoms with van der Waals surface area (Å²) in [5, 5.41) is 6.07. The van der Waals surface area contributed by atoms with Crippen LogP contribution < -0.4 is 5.14 Å². The van der Waals surface area contributed by atoms with Gasteiger partial charge in [-0.25, -0.2) is 4.39 Å². The fourth-order valence-electron chi connectivity index (χ4n) is 3.93. The Balaban J connectivity index is 2.35. The molecule has 0 saturated heterocycles. The maximum absolute atomic E-state index is 14.6. The van der Waals surface area contributed by atoms with Crippen LogP contribution in [0, 0.1) is 5.82 Å². The average Bonchev–Trinajstić information content (AvgIpc) is 2.73. The van der Waals surface area contributed by atoms with Gasteiger partial charge in [-0.15, -0.1) is 0 Å². The molecule has 1 aromatic carbocycles. The van der Waals surface area contributed by atoms with Crippen molar-refractivity contribution in [2.24, 2.45) is 5.14 Å². The van der Waals surface area contributed by atoms with Crippen LogP contribution in [0.3, 0.4) is 0 Å². The van der Waals surface area contributed by atoms with Gasteiger partial charge in [0.05, 0.1) is 16.3 Å². The first-order valence-corrected chi connectivity index (χ1v) is 11.5. The van der Waals surface area contributed by atoms with Crippen molar-refractivity contribution >= 4 is 23.0 Å². The number of nitrogens with zero attached hydrogens (tertiary/aromatic N) is 2. The summed E-state index contributed by atoms with van der Waals surface area (Å²) in [6, 6.07) is 8.97. The van der Waals surface area contributed by atoms with Crippen molar-refractivity contribution in [3.05, 3.63) is 94.3 Å². The molecule has 176 valence electrons. The Kier molecular flexibility index (Phi) is 7.38. The summed E-state index contributed by atoms with van der Waals surface area (Å²) in [6.07, 6.45) is -0.150. The van der Waals surface area contributed by atoms with Crippen molar-refractivity contribution in [2.75, 3.05) is 0 Å². The van der Waals surface area contributed by atoms with E-state index in [1.807, 2.05) is 0 Å². The van der Waals surface area contributed by atoms with Crippen molar-refractivity contribution < 1.29 is 22.1 Å². The Labute approximate surface area is 197 Å². The summed E-state index contributed by atoms with van der Waals surface area (Å²) in [5.41, 5.74) is -1.33. The van der Waals surface area contributed by atoms with Crippen molar-refractivity contribution in [1.29, 1.82) is 0 Å². The zero-order valence-electron chi connectivity index (χ0n) is 17.9. The van der Waals surface area contributed by atoms with Gasteiger partial charge in [-0.1, -0.05) is 11.6 Å². The fraction of sp³-hybridized carbons (Fsp3) is 0.304. The lowest BCUT2D eigenvalue weighted by molar-refractivity contribution is -0.137. The molecule has 0 aliphatic heterocycles. The number of rotatable bonds is 7. The lowest BCUT2D eigenvalue weighted by atomic mass is 9.67. The van der Waals surface area contributed by atoms with Crippen LogP contribution in [0.4, 0.5) is 17.6 Å². The average molecular weight is 500 g/mol. The largest absolute Gasteiger partial charge is 0.598 e. The van der Waals surface area contributed by atoms with Gasteiger partial charge < -0.3 is 4.55 Å². The van der Waals surface area contributed by atoms with Crippen LogP contribution in [0.25, 0.3) is 0 Å². The second kappa shape index (κ2) is 9.58. The van der Waals surface area contributed by atoms with E-state index in [0.29, 0.717) is 16.8 Å². The number of nitrogens with two attached hydrogens (primary N) is 1. The van der Waals surface area contributed by atoms with Crippen molar-refractivity contribution in [3.8, 4) is 0 Å². The molecule has 0 aliphatic carbocycles. The van der Waals surface area contributed by atoms with E-state index in [4.69, 9.17) is 16.7 Å². The van der Waals surface area contributed by atoms with E-state index in [1.54, 1.807) is 50.5 Å². The van der Waals surface area contributed by atoms with Crippen LogP contribution in [0.5, 0.6) is 0 Å². The number of pyridine rings is 2. The lowest BCUT2D eigenvalue weighted by Gasteiger charge is -2.40. The van der Waals surface area contributed by atoms with Gasteiger partial charge in [-0.2, -0.15) is 18.3 Å². The van der Waals surface area contributed by atoms with Crippen molar-refractivity contribution in [2.45, 2.75) is 43.0 Å². The highest BCUT2D eigenvalue weighted by atomic mass is 35.5. The molecule has 0 spiro atoms. The molecule has 2 heterocycles. The molecule has 0 amide bonds. The smallest absolute Gasteiger partial charge is 0.416 e. The van der Waals surface area contributed by atoms with Crippen LogP contribution in [-0.2, 0) is 29.4 Å². The molecule has 3 aromatic rings. The van der Waals surface area contributed by atoms with E-state index in [-0.39, 0.29) is 18.4 Å². The highest BCUT2D eigenvalue weighted by Gasteiger charge is 2.46. The zero-order valence-corrected chi connectivity index (χ0v) is 19.4. The third-order valence-electron chi connectivity index (χ3n) is 5.52. The topological polar surface area (TPSA) is 74.9 Å². The fourth-order valence-corrected chi connectivity index (χ4v) is 4.43. The van der Waals surface area contributed by atoms with E-state index in [1.165, 1.54) is 6.20 Å². The van der Waals surface area contributed by atoms with E-state index in [0.717, 1.165) is 17.7 Å². The number of halogens is 5. The minimum Gasteiger partial charge on any atom is -0.598 e. The van der Waals surface area contributed by atoms with Gasteiger partial charge in [-0.05, 0) is 73.9 Å². The Morgan fingerprint density at radius 3 is 2.21 bits per heavy atom. The molecule has 0 fully saturated rings. The standard InChI is InChI=1S/C23H22ClF4N3OS/c1-21(2,33(29)32)14-22(12-15-5-7-30-8-6-15,20-4-3-18(24)13-31-20)16-9-17(23(26,27)28)11-19(25)10-16/h3-11,13H,12,14,29H2,1-2H3/t22-,33?/m0/s1. The van der Waals surface area contributed by atoms with E-state index in [2.05, 4.69) is 9.97 Å². The lowest BCUT2D eigenvalue weighted by Crippen LogP contribution is -2.46. The summed E-state index contributed by atoms with van der Waals surface area (Å²) in [6.45, 7) is 3.29. The summed E-state index contributed by atoms with van der Waals surface area (Å²) in [4.78, 5) is 8.38. The number of hydrogen-bond acceptors (Lipinski definition) is 4. The summed E-state index contributed by atoms with van der Waals surface area (Å²) >= 11 is 4.17.